The number of benzene rings is 1. The Bertz CT molecular complexity index is 1000. The number of pyridine rings is 1. The molecule has 2 aliphatic rings. The Hall–Kier alpha value is -2.27. The first-order chi connectivity index (χ1) is 13.6. The number of aliphatic hydroxyl groups is 1. The summed E-state index contributed by atoms with van der Waals surface area (Å²) in [6, 6.07) is 8.65. The third-order valence-corrected chi connectivity index (χ3v) is 6.59. The van der Waals surface area contributed by atoms with E-state index in [1.807, 2.05) is 10.6 Å². The molecule has 0 amide bonds. The minimum Gasteiger partial charge on any atom is -0.387 e. The third-order valence-electron chi connectivity index (χ3n) is 6.59. The minimum absolute atomic E-state index is 0.0195. The standard InChI is InChI=1S/C23H24F2N2O/c24-20-3-1-2-18(21(20)25)14-6-8-16(9-7-14)23(28)22-19(15-4-5-15)11-10-17-12-26-13-27(17)22/h1-3,10-16,23,28H,4-9H2/t14?,16?,23-/m0/s1. The van der Waals surface area contributed by atoms with Gasteiger partial charge < -0.3 is 9.51 Å². The lowest BCUT2D eigenvalue weighted by Gasteiger charge is -2.33. The summed E-state index contributed by atoms with van der Waals surface area (Å²) in [5.74, 6) is -0.815. The zero-order valence-electron chi connectivity index (χ0n) is 15.7. The van der Waals surface area contributed by atoms with Crippen LogP contribution in [0.3, 0.4) is 0 Å². The quantitative estimate of drug-likeness (QED) is 0.647. The van der Waals surface area contributed by atoms with Crippen LogP contribution >= 0.6 is 0 Å². The van der Waals surface area contributed by atoms with Crippen LogP contribution in [0.2, 0.25) is 0 Å². The van der Waals surface area contributed by atoms with Crippen molar-refractivity contribution in [2.24, 2.45) is 5.92 Å². The molecular weight excluding hydrogens is 358 g/mol. The Morgan fingerprint density at radius 3 is 2.39 bits per heavy atom. The van der Waals surface area contributed by atoms with Crippen LogP contribution < -0.4 is 0 Å². The van der Waals surface area contributed by atoms with Crippen molar-refractivity contribution in [3.8, 4) is 0 Å². The summed E-state index contributed by atoms with van der Waals surface area (Å²) in [5, 5.41) is 11.3. The largest absolute Gasteiger partial charge is 0.387 e. The van der Waals surface area contributed by atoms with Crippen molar-refractivity contribution >= 4 is 5.52 Å². The number of aromatic nitrogens is 2. The molecule has 0 spiro atoms. The summed E-state index contributed by atoms with van der Waals surface area (Å²) in [6.45, 7) is 0. The van der Waals surface area contributed by atoms with Crippen LogP contribution in [0.5, 0.6) is 0 Å². The molecule has 2 saturated carbocycles. The van der Waals surface area contributed by atoms with Crippen molar-refractivity contribution < 1.29 is 13.9 Å². The molecule has 0 saturated heterocycles. The molecule has 5 rings (SSSR count). The fourth-order valence-corrected chi connectivity index (χ4v) is 4.89. The zero-order valence-corrected chi connectivity index (χ0v) is 15.7. The molecule has 28 heavy (non-hydrogen) atoms. The Morgan fingerprint density at radius 1 is 0.929 bits per heavy atom. The Morgan fingerprint density at radius 2 is 1.64 bits per heavy atom. The molecule has 0 unspecified atom stereocenters. The van der Waals surface area contributed by atoms with Gasteiger partial charge in [-0.1, -0.05) is 18.2 Å². The molecule has 2 aliphatic carbocycles. The van der Waals surface area contributed by atoms with Crippen molar-refractivity contribution in [1.82, 2.24) is 9.38 Å². The molecule has 2 heterocycles. The van der Waals surface area contributed by atoms with Gasteiger partial charge in [-0.2, -0.15) is 0 Å². The van der Waals surface area contributed by atoms with Gasteiger partial charge >= 0.3 is 0 Å². The second-order valence-corrected chi connectivity index (χ2v) is 8.34. The molecule has 0 bridgehead atoms. The number of halogens is 2. The number of nitrogens with zero attached hydrogens (tertiary/aromatic N) is 2. The van der Waals surface area contributed by atoms with Gasteiger partial charge in [0.15, 0.2) is 11.6 Å². The second-order valence-electron chi connectivity index (χ2n) is 8.34. The van der Waals surface area contributed by atoms with Crippen LogP contribution in [0.4, 0.5) is 8.78 Å². The van der Waals surface area contributed by atoms with Gasteiger partial charge in [0.2, 0.25) is 0 Å². The van der Waals surface area contributed by atoms with Gasteiger partial charge in [0.25, 0.3) is 0 Å². The van der Waals surface area contributed by atoms with E-state index in [-0.39, 0.29) is 11.8 Å². The van der Waals surface area contributed by atoms with Gasteiger partial charge in [0.1, 0.15) is 0 Å². The summed E-state index contributed by atoms with van der Waals surface area (Å²) >= 11 is 0. The minimum atomic E-state index is -0.777. The van der Waals surface area contributed by atoms with E-state index >= 15 is 0 Å². The summed E-state index contributed by atoms with van der Waals surface area (Å²) in [5.41, 5.74) is 3.67. The summed E-state index contributed by atoms with van der Waals surface area (Å²) in [7, 11) is 0. The highest BCUT2D eigenvalue weighted by atomic mass is 19.2. The number of aliphatic hydroxyl groups excluding tert-OH is 1. The molecule has 1 atom stereocenters. The SMILES string of the molecule is O[C@H](c1c(C2CC2)ccc2cncn12)C1CCC(c2cccc(F)c2F)CC1. The van der Waals surface area contributed by atoms with E-state index < -0.39 is 17.7 Å². The van der Waals surface area contributed by atoms with Crippen LogP contribution in [0.1, 0.15) is 73.3 Å². The number of imidazole rings is 1. The smallest absolute Gasteiger partial charge is 0.162 e. The first-order valence-electron chi connectivity index (χ1n) is 10.2. The number of rotatable bonds is 4. The average molecular weight is 382 g/mol. The number of hydrogen-bond donors (Lipinski definition) is 1. The predicted molar refractivity (Wildman–Crippen MR) is 103 cm³/mol. The van der Waals surface area contributed by atoms with Crippen molar-refractivity contribution in [2.75, 3.05) is 0 Å². The van der Waals surface area contributed by atoms with Crippen molar-refractivity contribution in [3.05, 3.63) is 71.3 Å². The molecule has 1 aromatic carbocycles. The normalized spacial score (nSPS) is 23.8. The monoisotopic (exact) mass is 382 g/mol. The van der Waals surface area contributed by atoms with E-state index in [2.05, 4.69) is 17.1 Å². The highest BCUT2D eigenvalue weighted by Gasteiger charge is 2.35. The van der Waals surface area contributed by atoms with E-state index in [0.29, 0.717) is 11.5 Å². The van der Waals surface area contributed by atoms with Crippen LogP contribution in [-0.2, 0) is 0 Å². The van der Waals surface area contributed by atoms with E-state index in [4.69, 9.17) is 0 Å². The summed E-state index contributed by atoms with van der Waals surface area (Å²) in [6.07, 6.45) is 8.52. The van der Waals surface area contributed by atoms with Gasteiger partial charge in [0, 0.05) is 0 Å². The van der Waals surface area contributed by atoms with E-state index in [9.17, 15) is 13.9 Å². The maximum Gasteiger partial charge on any atom is 0.162 e. The van der Waals surface area contributed by atoms with Crippen LogP contribution in [0.15, 0.2) is 42.9 Å². The fraction of sp³-hybridized carbons (Fsp3) is 0.435. The van der Waals surface area contributed by atoms with Gasteiger partial charge in [-0.15, -0.1) is 0 Å². The maximum absolute atomic E-state index is 14.2. The molecule has 2 aromatic heterocycles. The number of hydrogen-bond acceptors (Lipinski definition) is 2. The highest BCUT2D eigenvalue weighted by Crippen LogP contribution is 2.47. The van der Waals surface area contributed by atoms with Gasteiger partial charge in [-0.25, -0.2) is 13.8 Å². The Kier molecular flexibility index (Phi) is 4.43. The first-order valence-corrected chi connectivity index (χ1v) is 10.2. The third kappa shape index (κ3) is 3.02. The lowest BCUT2D eigenvalue weighted by molar-refractivity contribution is 0.0751. The molecule has 146 valence electrons. The van der Waals surface area contributed by atoms with E-state index in [1.165, 1.54) is 24.5 Å². The molecular formula is C23H24F2N2O. The highest BCUT2D eigenvalue weighted by molar-refractivity contribution is 5.50. The van der Waals surface area contributed by atoms with Gasteiger partial charge in [-0.3, -0.25) is 0 Å². The zero-order chi connectivity index (χ0) is 19.3. The van der Waals surface area contributed by atoms with Gasteiger partial charge in [0.05, 0.1) is 29.8 Å². The van der Waals surface area contributed by atoms with Crippen LogP contribution in [0.25, 0.3) is 5.52 Å². The second kappa shape index (κ2) is 6.96. The summed E-state index contributed by atoms with van der Waals surface area (Å²) < 4.78 is 29.8. The van der Waals surface area contributed by atoms with E-state index in [1.54, 1.807) is 18.5 Å². The molecule has 0 radical (unpaired) electrons. The Balaban J connectivity index is 1.39. The van der Waals surface area contributed by atoms with Gasteiger partial charge in [-0.05, 0) is 79.5 Å². The molecule has 3 nitrogen and oxygen atoms in total. The number of fused-ring (bicyclic) bond motifs is 1. The van der Waals surface area contributed by atoms with Crippen molar-refractivity contribution in [3.63, 3.8) is 0 Å². The molecule has 2 fully saturated rings. The first kappa shape index (κ1) is 17.8. The topological polar surface area (TPSA) is 37.5 Å². The molecule has 3 aromatic rings. The lowest BCUT2D eigenvalue weighted by atomic mass is 9.75. The molecule has 1 N–H and O–H groups in total. The molecule has 5 heteroatoms. The van der Waals surface area contributed by atoms with Crippen LogP contribution in [-0.4, -0.2) is 14.5 Å². The lowest BCUT2D eigenvalue weighted by Crippen LogP contribution is -2.23. The average Bonchev–Trinajstić information content (AvgIpc) is 3.45. The van der Waals surface area contributed by atoms with E-state index in [0.717, 1.165) is 36.9 Å². The molecule has 0 aliphatic heterocycles. The van der Waals surface area contributed by atoms with Crippen LogP contribution in [0, 0.1) is 17.6 Å². The Labute approximate surface area is 163 Å². The van der Waals surface area contributed by atoms with Crippen molar-refractivity contribution in [1.29, 1.82) is 0 Å². The maximum atomic E-state index is 14.2. The predicted octanol–water partition coefficient (Wildman–Crippen LogP) is 5.50. The fourth-order valence-electron chi connectivity index (χ4n) is 4.89. The van der Waals surface area contributed by atoms with Crippen molar-refractivity contribution in [2.45, 2.75) is 56.5 Å². The summed E-state index contributed by atoms with van der Waals surface area (Å²) in [4.78, 5) is 4.25.